The van der Waals surface area contributed by atoms with Crippen molar-refractivity contribution < 1.29 is 14.3 Å². The zero-order valence-corrected chi connectivity index (χ0v) is 6.90. The summed E-state index contributed by atoms with van der Waals surface area (Å²) < 4.78 is 6.05. The van der Waals surface area contributed by atoms with Gasteiger partial charge in [-0.15, -0.1) is 0 Å². The molecule has 0 spiro atoms. The van der Waals surface area contributed by atoms with Gasteiger partial charge in [0.2, 0.25) is 0 Å². The van der Waals surface area contributed by atoms with Crippen molar-refractivity contribution in [2.75, 3.05) is 7.11 Å². The van der Waals surface area contributed by atoms with E-state index in [1.165, 1.54) is 13.2 Å². The van der Waals surface area contributed by atoms with Crippen LogP contribution in [0, 0.1) is 0 Å². The van der Waals surface area contributed by atoms with Gasteiger partial charge in [0.1, 0.15) is 0 Å². The Labute approximate surface area is 69.7 Å². The topological polar surface area (TPSA) is 48.3 Å². The maximum atomic E-state index is 10.9. The van der Waals surface area contributed by atoms with Crippen LogP contribution in [0.25, 0.3) is 0 Å². The molecule has 0 N–H and O–H groups in total. The van der Waals surface area contributed by atoms with Gasteiger partial charge in [0.05, 0.1) is 18.4 Å². The summed E-state index contributed by atoms with van der Waals surface area (Å²) in [5.41, 5.74) is 0.845. The first kappa shape index (κ1) is 8.52. The predicted octanol–water partition coefficient (Wildman–Crippen LogP) is 0.624. The monoisotopic (exact) mass is 167 g/mol. The number of carbonyl (C=O) groups excluding carboxylic acids is 2. The minimum Gasteiger partial charge on any atom is -0.465 e. The van der Waals surface area contributed by atoms with Gasteiger partial charge < -0.3 is 9.30 Å². The fraction of sp³-hybridized carbons (Fsp3) is 0.250. The molecule has 0 saturated carbocycles. The highest BCUT2D eigenvalue weighted by Gasteiger charge is 2.09. The van der Waals surface area contributed by atoms with Crippen LogP contribution in [-0.2, 0) is 11.8 Å². The van der Waals surface area contributed by atoms with Crippen LogP contribution in [0.2, 0.25) is 0 Å². The number of carbonyl (C=O) groups is 2. The third-order valence-electron chi connectivity index (χ3n) is 1.59. The lowest BCUT2D eigenvalue weighted by Gasteiger charge is -1.91. The van der Waals surface area contributed by atoms with Crippen LogP contribution in [0.1, 0.15) is 20.8 Å². The van der Waals surface area contributed by atoms with E-state index in [1.54, 1.807) is 17.8 Å². The first-order valence-corrected chi connectivity index (χ1v) is 3.39. The van der Waals surface area contributed by atoms with E-state index in [2.05, 4.69) is 4.74 Å². The lowest BCUT2D eigenvalue weighted by Crippen LogP contribution is -1.98. The Balaban J connectivity index is 3.04. The summed E-state index contributed by atoms with van der Waals surface area (Å²) in [5, 5.41) is 0. The fourth-order valence-corrected chi connectivity index (χ4v) is 0.928. The van der Waals surface area contributed by atoms with Gasteiger partial charge in [-0.05, 0) is 6.07 Å². The minimum atomic E-state index is -0.432. The molecule has 0 aliphatic carbocycles. The zero-order chi connectivity index (χ0) is 9.14. The number of rotatable bonds is 2. The highest BCUT2D eigenvalue weighted by atomic mass is 16.5. The van der Waals surface area contributed by atoms with Crippen molar-refractivity contribution in [1.82, 2.24) is 4.57 Å². The quantitative estimate of drug-likeness (QED) is 0.479. The molecule has 12 heavy (non-hydrogen) atoms. The Bertz CT molecular complexity index is 314. The molecule has 0 aliphatic rings. The van der Waals surface area contributed by atoms with E-state index in [9.17, 15) is 9.59 Å². The summed E-state index contributed by atoms with van der Waals surface area (Å²) in [4.78, 5) is 21.3. The van der Waals surface area contributed by atoms with Gasteiger partial charge in [0.25, 0.3) is 0 Å². The fourth-order valence-electron chi connectivity index (χ4n) is 0.928. The summed E-state index contributed by atoms with van der Waals surface area (Å²) in [6.45, 7) is 0. The Morgan fingerprint density at radius 1 is 1.67 bits per heavy atom. The minimum absolute atomic E-state index is 0.391. The number of aromatic nitrogens is 1. The molecule has 0 amide bonds. The van der Waals surface area contributed by atoms with E-state index in [0.717, 1.165) is 0 Å². The Morgan fingerprint density at radius 2 is 2.33 bits per heavy atom. The molecule has 1 rings (SSSR count). The molecule has 4 heteroatoms. The summed E-state index contributed by atoms with van der Waals surface area (Å²) >= 11 is 0. The van der Waals surface area contributed by atoms with Gasteiger partial charge in [0, 0.05) is 13.2 Å². The van der Waals surface area contributed by atoms with Crippen LogP contribution in [0.5, 0.6) is 0 Å². The van der Waals surface area contributed by atoms with Gasteiger partial charge in [-0.1, -0.05) is 0 Å². The largest absolute Gasteiger partial charge is 0.465 e. The van der Waals surface area contributed by atoms with Crippen LogP contribution in [0.3, 0.4) is 0 Å². The maximum absolute atomic E-state index is 10.9. The van der Waals surface area contributed by atoms with Crippen molar-refractivity contribution in [1.29, 1.82) is 0 Å². The van der Waals surface area contributed by atoms with Gasteiger partial charge in [-0.2, -0.15) is 0 Å². The number of esters is 1. The molecule has 0 unspecified atom stereocenters. The molecule has 0 aromatic carbocycles. The smallest absolute Gasteiger partial charge is 0.339 e. The molecule has 0 aliphatic heterocycles. The molecule has 1 aromatic rings. The molecule has 1 aromatic heterocycles. The molecular formula is C8H9NO3. The van der Waals surface area contributed by atoms with E-state index in [-0.39, 0.29) is 0 Å². The lowest BCUT2D eigenvalue weighted by molar-refractivity contribution is 0.0600. The van der Waals surface area contributed by atoms with Gasteiger partial charge in [0.15, 0.2) is 6.29 Å². The van der Waals surface area contributed by atoms with E-state index in [4.69, 9.17) is 0 Å². The number of aryl methyl sites for hydroxylation is 1. The van der Waals surface area contributed by atoms with Gasteiger partial charge >= 0.3 is 5.97 Å². The second kappa shape index (κ2) is 3.21. The molecular weight excluding hydrogens is 158 g/mol. The molecule has 1 heterocycles. The Kier molecular flexibility index (Phi) is 2.28. The zero-order valence-electron chi connectivity index (χ0n) is 6.90. The Hall–Kier alpha value is -1.58. The average Bonchev–Trinajstić information content (AvgIpc) is 2.45. The van der Waals surface area contributed by atoms with Crippen LogP contribution >= 0.6 is 0 Å². The van der Waals surface area contributed by atoms with E-state index in [1.807, 2.05) is 0 Å². The number of ether oxygens (including phenoxy) is 1. The molecule has 4 nitrogen and oxygen atoms in total. The third kappa shape index (κ3) is 1.37. The van der Waals surface area contributed by atoms with Crippen molar-refractivity contribution >= 4 is 12.3 Å². The molecule has 0 atom stereocenters. The highest BCUT2D eigenvalue weighted by molar-refractivity contribution is 5.91. The average molecular weight is 167 g/mol. The number of hydrogen-bond donors (Lipinski definition) is 0. The normalized spacial score (nSPS) is 9.50. The number of methoxy groups -OCH3 is 1. The van der Waals surface area contributed by atoms with Crippen molar-refractivity contribution in [3.8, 4) is 0 Å². The maximum Gasteiger partial charge on any atom is 0.339 e. The number of aldehydes is 1. The summed E-state index contributed by atoms with van der Waals surface area (Å²) in [5.74, 6) is -0.432. The SMILES string of the molecule is COC(=O)c1cc(C=O)n(C)c1. The molecule has 0 fully saturated rings. The first-order chi connectivity index (χ1) is 5.69. The second-order valence-corrected chi connectivity index (χ2v) is 2.37. The number of hydrogen-bond acceptors (Lipinski definition) is 3. The standard InChI is InChI=1S/C8H9NO3/c1-9-4-6(8(11)12-2)3-7(9)5-10/h3-5H,1-2H3. The Morgan fingerprint density at radius 3 is 2.75 bits per heavy atom. The van der Waals surface area contributed by atoms with Gasteiger partial charge in [-0.3, -0.25) is 4.79 Å². The molecule has 0 saturated heterocycles. The van der Waals surface area contributed by atoms with Crippen LogP contribution < -0.4 is 0 Å². The van der Waals surface area contributed by atoms with Gasteiger partial charge in [-0.25, -0.2) is 4.79 Å². The summed E-state index contributed by atoms with van der Waals surface area (Å²) in [6, 6.07) is 1.48. The highest BCUT2D eigenvalue weighted by Crippen LogP contribution is 2.05. The van der Waals surface area contributed by atoms with Crippen molar-refractivity contribution in [3.63, 3.8) is 0 Å². The molecule has 0 radical (unpaired) electrons. The second-order valence-electron chi connectivity index (χ2n) is 2.37. The first-order valence-electron chi connectivity index (χ1n) is 3.39. The lowest BCUT2D eigenvalue weighted by atomic mass is 10.3. The molecule has 64 valence electrons. The van der Waals surface area contributed by atoms with Crippen LogP contribution in [0.15, 0.2) is 12.3 Å². The van der Waals surface area contributed by atoms with Crippen LogP contribution in [-0.4, -0.2) is 23.9 Å². The van der Waals surface area contributed by atoms with Crippen molar-refractivity contribution in [2.24, 2.45) is 7.05 Å². The van der Waals surface area contributed by atoms with Crippen molar-refractivity contribution in [3.05, 3.63) is 23.5 Å². The summed E-state index contributed by atoms with van der Waals surface area (Å²) in [6.07, 6.45) is 2.24. The van der Waals surface area contributed by atoms with E-state index in [0.29, 0.717) is 17.5 Å². The van der Waals surface area contributed by atoms with Crippen LogP contribution in [0.4, 0.5) is 0 Å². The van der Waals surface area contributed by atoms with Crippen molar-refractivity contribution in [2.45, 2.75) is 0 Å². The number of nitrogens with zero attached hydrogens (tertiary/aromatic N) is 1. The van der Waals surface area contributed by atoms with E-state index >= 15 is 0 Å². The third-order valence-corrected chi connectivity index (χ3v) is 1.59. The molecule has 0 bridgehead atoms. The summed E-state index contributed by atoms with van der Waals surface area (Å²) in [7, 11) is 2.99. The predicted molar refractivity (Wildman–Crippen MR) is 42.1 cm³/mol. The van der Waals surface area contributed by atoms with E-state index < -0.39 is 5.97 Å².